The number of phenols is 1. The average molecular weight is 450 g/mol. The van der Waals surface area contributed by atoms with Crippen molar-refractivity contribution in [3.05, 3.63) is 29.8 Å². The molecule has 0 spiro atoms. The number of carbonyl (C=O) groups is 3. The molecule has 8 heteroatoms. The molecule has 0 saturated carbocycles. The van der Waals surface area contributed by atoms with Crippen LogP contribution in [-0.2, 0) is 14.3 Å². The van der Waals surface area contributed by atoms with E-state index in [1.807, 2.05) is 13.8 Å². The van der Waals surface area contributed by atoms with Gasteiger partial charge in [0.2, 0.25) is 11.8 Å². The lowest BCUT2D eigenvalue weighted by Gasteiger charge is -2.33. The van der Waals surface area contributed by atoms with Crippen molar-refractivity contribution in [1.82, 2.24) is 15.5 Å². The van der Waals surface area contributed by atoms with E-state index in [1.165, 1.54) is 24.1 Å². The normalized spacial score (nSPS) is 13.2. The first-order valence-corrected chi connectivity index (χ1v) is 11.2. The van der Waals surface area contributed by atoms with Crippen LogP contribution in [0.3, 0.4) is 0 Å². The summed E-state index contributed by atoms with van der Waals surface area (Å²) in [4.78, 5) is 40.1. The molecular formula is C24H39N3O5. The maximum Gasteiger partial charge on any atom is 0.408 e. The van der Waals surface area contributed by atoms with Crippen molar-refractivity contribution in [3.63, 3.8) is 0 Å². The van der Waals surface area contributed by atoms with Crippen molar-refractivity contribution >= 4 is 17.9 Å². The van der Waals surface area contributed by atoms with Crippen LogP contribution in [0.1, 0.15) is 72.4 Å². The van der Waals surface area contributed by atoms with Crippen LogP contribution in [0.25, 0.3) is 0 Å². The number of alkyl carbamates (subject to hydrolysis) is 1. The Labute approximate surface area is 191 Å². The van der Waals surface area contributed by atoms with Gasteiger partial charge in [0.05, 0.1) is 0 Å². The number of likely N-dealkylation sites (N-methyl/N-ethyl adjacent to an activating group) is 1. The molecule has 0 saturated heterocycles. The van der Waals surface area contributed by atoms with Gasteiger partial charge in [-0.05, 0) is 50.8 Å². The Hall–Kier alpha value is -2.77. The Balaban J connectivity index is 3.13. The molecule has 0 bridgehead atoms. The lowest BCUT2D eigenvalue weighted by atomic mass is 9.99. The van der Waals surface area contributed by atoms with Crippen LogP contribution in [-0.4, -0.2) is 53.1 Å². The standard InChI is InChI=1S/C24H39N3O5/c1-8-9-10-14-25-21(29)20(17-12-11-13-18(28)15-17)27(7)22(30)19(16(2)3)26-23(31)32-24(4,5)6/h11-13,15-16,19-20,28H,8-10,14H2,1-7H3,(H,25,29)(H,26,31). The Morgan fingerprint density at radius 1 is 1.16 bits per heavy atom. The van der Waals surface area contributed by atoms with Gasteiger partial charge in [0.15, 0.2) is 0 Å². The summed E-state index contributed by atoms with van der Waals surface area (Å²) >= 11 is 0. The molecule has 1 rings (SSSR count). The monoisotopic (exact) mass is 449 g/mol. The lowest BCUT2D eigenvalue weighted by Crippen LogP contribution is -2.53. The summed E-state index contributed by atoms with van der Waals surface area (Å²) in [5.41, 5.74) is -0.225. The molecule has 1 aromatic rings. The highest BCUT2D eigenvalue weighted by atomic mass is 16.6. The predicted octanol–water partition coefficient (Wildman–Crippen LogP) is 3.75. The zero-order valence-corrected chi connectivity index (χ0v) is 20.4. The highest BCUT2D eigenvalue weighted by molar-refractivity contribution is 5.92. The molecule has 2 unspecified atom stereocenters. The number of aromatic hydroxyl groups is 1. The van der Waals surface area contributed by atoms with Gasteiger partial charge in [-0.25, -0.2) is 4.79 Å². The van der Waals surface area contributed by atoms with Gasteiger partial charge >= 0.3 is 6.09 Å². The van der Waals surface area contributed by atoms with Gasteiger partial charge in [-0.2, -0.15) is 0 Å². The largest absolute Gasteiger partial charge is 0.508 e. The first kappa shape index (κ1) is 27.3. The van der Waals surface area contributed by atoms with Crippen LogP contribution >= 0.6 is 0 Å². The number of ether oxygens (including phenoxy) is 1. The minimum Gasteiger partial charge on any atom is -0.508 e. The molecule has 0 aromatic heterocycles. The van der Waals surface area contributed by atoms with Gasteiger partial charge in [-0.15, -0.1) is 0 Å². The van der Waals surface area contributed by atoms with Crippen LogP contribution in [0.5, 0.6) is 5.75 Å². The summed E-state index contributed by atoms with van der Waals surface area (Å²) in [6, 6.07) is 4.43. The second-order valence-electron chi connectivity index (χ2n) is 9.31. The van der Waals surface area contributed by atoms with Gasteiger partial charge in [-0.3, -0.25) is 9.59 Å². The second kappa shape index (κ2) is 12.3. The van der Waals surface area contributed by atoms with Crippen molar-refractivity contribution in [3.8, 4) is 5.75 Å². The van der Waals surface area contributed by atoms with Gasteiger partial charge < -0.3 is 25.4 Å². The SMILES string of the molecule is CCCCCNC(=O)C(c1cccc(O)c1)N(C)C(=O)C(NC(=O)OC(C)(C)C)C(C)C. The van der Waals surface area contributed by atoms with Crippen LogP contribution in [0.2, 0.25) is 0 Å². The van der Waals surface area contributed by atoms with E-state index in [0.717, 1.165) is 19.3 Å². The number of unbranched alkanes of at least 4 members (excludes halogenated alkanes) is 2. The summed E-state index contributed by atoms with van der Waals surface area (Å²) in [7, 11) is 1.52. The third kappa shape index (κ3) is 8.77. The van der Waals surface area contributed by atoms with Crippen LogP contribution in [0.4, 0.5) is 4.79 Å². The number of hydrogen-bond donors (Lipinski definition) is 3. The zero-order chi connectivity index (χ0) is 24.5. The van der Waals surface area contributed by atoms with E-state index in [1.54, 1.807) is 32.9 Å². The first-order valence-electron chi connectivity index (χ1n) is 11.2. The summed E-state index contributed by atoms with van der Waals surface area (Å²) in [6.07, 6.45) is 2.15. The van der Waals surface area contributed by atoms with Crippen molar-refractivity contribution in [2.75, 3.05) is 13.6 Å². The molecular weight excluding hydrogens is 410 g/mol. The Kier molecular flexibility index (Phi) is 10.5. The number of benzene rings is 1. The van der Waals surface area contributed by atoms with Crippen LogP contribution < -0.4 is 10.6 Å². The number of carbonyl (C=O) groups excluding carboxylic acids is 3. The highest BCUT2D eigenvalue weighted by Gasteiger charge is 2.35. The fourth-order valence-corrected chi connectivity index (χ4v) is 3.22. The van der Waals surface area contributed by atoms with E-state index in [9.17, 15) is 19.5 Å². The molecule has 3 amide bonds. The predicted molar refractivity (Wildman–Crippen MR) is 124 cm³/mol. The minimum absolute atomic E-state index is 0.000536. The number of amides is 3. The number of nitrogens with one attached hydrogen (secondary N) is 2. The third-order valence-electron chi connectivity index (χ3n) is 4.85. The van der Waals surface area contributed by atoms with E-state index in [-0.39, 0.29) is 17.6 Å². The molecule has 0 fully saturated rings. The van der Waals surface area contributed by atoms with Crippen molar-refractivity contribution in [1.29, 1.82) is 0 Å². The van der Waals surface area contributed by atoms with Crippen molar-refractivity contribution < 1.29 is 24.2 Å². The fraction of sp³-hybridized carbons (Fsp3) is 0.625. The molecule has 3 N–H and O–H groups in total. The summed E-state index contributed by atoms with van der Waals surface area (Å²) in [5.74, 6) is -1.01. The summed E-state index contributed by atoms with van der Waals surface area (Å²) < 4.78 is 5.30. The topological polar surface area (TPSA) is 108 Å². The lowest BCUT2D eigenvalue weighted by molar-refractivity contribution is -0.141. The average Bonchev–Trinajstić information content (AvgIpc) is 2.67. The van der Waals surface area contributed by atoms with E-state index < -0.39 is 29.7 Å². The van der Waals surface area contributed by atoms with Gasteiger partial charge in [0.1, 0.15) is 23.4 Å². The zero-order valence-electron chi connectivity index (χ0n) is 20.4. The van der Waals surface area contributed by atoms with Crippen LogP contribution in [0, 0.1) is 5.92 Å². The molecule has 8 nitrogen and oxygen atoms in total. The molecule has 0 aliphatic carbocycles. The second-order valence-corrected chi connectivity index (χ2v) is 9.31. The van der Waals surface area contributed by atoms with E-state index >= 15 is 0 Å². The minimum atomic E-state index is -0.960. The molecule has 0 heterocycles. The highest BCUT2D eigenvalue weighted by Crippen LogP contribution is 2.25. The molecule has 180 valence electrons. The molecule has 1 aromatic carbocycles. The van der Waals surface area contributed by atoms with Gasteiger partial charge in [-0.1, -0.05) is 45.7 Å². The Morgan fingerprint density at radius 2 is 1.81 bits per heavy atom. The third-order valence-corrected chi connectivity index (χ3v) is 4.85. The molecule has 0 radical (unpaired) electrons. The first-order chi connectivity index (χ1) is 14.9. The molecule has 0 aliphatic heterocycles. The smallest absolute Gasteiger partial charge is 0.408 e. The number of rotatable bonds is 10. The Morgan fingerprint density at radius 3 is 2.34 bits per heavy atom. The van der Waals surface area contributed by atoms with E-state index in [4.69, 9.17) is 4.74 Å². The van der Waals surface area contributed by atoms with Gasteiger partial charge in [0, 0.05) is 13.6 Å². The number of nitrogens with zero attached hydrogens (tertiary/aromatic N) is 1. The van der Waals surface area contributed by atoms with Crippen molar-refractivity contribution in [2.45, 2.75) is 78.5 Å². The summed E-state index contributed by atoms with van der Waals surface area (Å²) in [6.45, 7) is 11.4. The number of hydrogen-bond acceptors (Lipinski definition) is 5. The molecule has 0 aliphatic rings. The number of phenolic OH excluding ortho intramolecular Hbond substituents is 1. The molecule has 32 heavy (non-hydrogen) atoms. The van der Waals surface area contributed by atoms with E-state index in [2.05, 4.69) is 17.6 Å². The quantitative estimate of drug-likeness (QED) is 0.472. The van der Waals surface area contributed by atoms with Gasteiger partial charge in [0.25, 0.3) is 0 Å². The maximum absolute atomic E-state index is 13.4. The fourth-order valence-electron chi connectivity index (χ4n) is 3.22. The summed E-state index contributed by atoms with van der Waals surface area (Å²) in [5, 5.41) is 15.4. The van der Waals surface area contributed by atoms with Crippen molar-refractivity contribution in [2.24, 2.45) is 5.92 Å². The Bertz CT molecular complexity index is 773. The van der Waals surface area contributed by atoms with Crippen LogP contribution in [0.15, 0.2) is 24.3 Å². The van der Waals surface area contributed by atoms with E-state index in [0.29, 0.717) is 12.1 Å². The molecule has 2 atom stereocenters. The maximum atomic E-state index is 13.4.